The molecule has 21 heavy (non-hydrogen) atoms. The number of carbonyl (C=O) groups excluding carboxylic acids is 2. The molecule has 0 spiro atoms. The summed E-state index contributed by atoms with van der Waals surface area (Å²) >= 11 is 0. The molecule has 1 saturated heterocycles. The average Bonchev–Trinajstić information content (AvgIpc) is 2.65. The number of aliphatic hydroxyl groups excluding tert-OH is 1. The first-order valence-corrected chi connectivity index (χ1v) is 6.69. The second-order valence-corrected chi connectivity index (χ2v) is 5.11. The van der Waals surface area contributed by atoms with Crippen molar-refractivity contribution in [1.82, 2.24) is 4.90 Å². The number of benzene rings is 1. The Morgan fingerprint density at radius 3 is 2.38 bits per heavy atom. The number of hydrogen-bond donors (Lipinski definition) is 1. The van der Waals surface area contributed by atoms with E-state index < -0.39 is 5.82 Å². The number of rotatable bonds is 2. The fraction of sp³-hybridized carbons (Fsp3) is 0.375. The van der Waals surface area contributed by atoms with Gasteiger partial charge in [-0.15, -0.1) is 0 Å². The molecule has 0 radical (unpaired) electrons. The van der Waals surface area contributed by atoms with Crippen LogP contribution in [0.3, 0.4) is 0 Å². The van der Waals surface area contributed by atoms with E-state index in [9.17, 15) is 14.0 Å². The van der Waals surface area contributed by atoms with Crippen molar-refractivity contribution >= 4 is 11.8 Å². The number of imide groups is 1. The van der Waals surface area contributed by atoms with Gasteiger partial charge in [0.25, 0.3) is 0 Å². The highest BCUT2D eigenvalue weighted by Gasteiger charge is 2.42. The Morgan fingerprint density at radius 1 is 1.24 bits per heavy atom. The van der Waals surface area contributed by atoms with E-state index in [0.717, 1.165) is 4.90 Å². The monoisotopic (exact) mass is 289 g/mol. The average molecular weight is 289 g/mol. The van der Waals surface area contributed by atoms with Gasteiger partial charge in [-0.1, -0.05) is 31.8 Å². The van der Waals surface area contributed by atoms with Gasteiger partial charge in [0, 0.05) is 23.0 Å². The Morgan fingerprint density at radius 2 is 1.86 bits per heavy atom. The van der Waals surface area contributed by atoms with Crippen LogP contribution in [0.1, 0.15) is 25.0 Å². The molecule has 1 heterocycles. The largest absolute Gasteiger partial charge is 0.384 e. The summed E-state index contributed by atoms with van der Waals surface area (Å²) in [5.41, 5.74) is 0.707. The van der Waals surface area contributed by atoms with Gasteiger partial charge in [-0.25, -0.2) is 4.39 Å². The van der Waals surface area contributed by atoms with Crippen LogP contribution in [0.5, 0.6) is 0 Å². The summed E-state index contributed by atoms with van der Waals surface area (Å²) in [5, 5.41) is 8.60. The molecule has 0 aromatic heterocycles. The SMILES string of the molecule is CC1C(=O)N(Cc2ccc(C#CCO)cc2F)C(=O)C1C. The minimum Gasteiger partial charge on any atom is -0.384 e. The summed E-state index contributed by atoms with van der Waals surface area (Å²) in [6, 6.07) is 4.33. The van der Waals surface area contributed by atoms with Crippen LogP contribution in [0.15, 0.2) is 18.2 Å². The second kappa shape index (κ2) is 6.06. The smallest absolute Gasteiger partial charge is 0.233 e. The summed E-state index contributed by atoms with van der Waals surface area (Å²) in [6.07, 6.45) is 0. The van der Waals surface area contributed by atoms with Gasteiger partial charge in [0.05, 0.1) is 6.54 Å². The van der Waals surface area contributed by atoms with Gasteiger partial charge in [-0.2, -0.15) is 0 Å². The van der Waals surface area contributed by atoms with Gasteiger partial charge >= 0.3 is 0 Å². The third kappa shape index (κ3) is 2.96. The standard InChI is InChI=1S/C16H16FNO3/c1-10-11(2)16(21)18(15(10)20)9-13-6-5-12(4-3-7-19)8-14(13)17/h5-6,8,10-11,19H,7,9H2,1-2H3. The van der Waals surface area contributed by atoms with Crippen LogP contribution in [0.25, 0.3) is 0 Å². The van der Waals surface area contributed by atoms with E-state index in [1.54, 1.807) is 19.9 Å². The number of carbonyl (C=O) groups is 2. The van der Waals surface area contributed by atoms with E-state index in [4.69, 9.17) is 5.11 Å². The Kier molecular flexibility index (Phi) is 4.39. The molecule has 1 aliphatic heterocycles. The Bertz CT molecular complexity index is 625. The maximum Gasteiger partial charge on any atom is 0.233 e. The van der Waals surface area contributed by atoms with Crippen LogP contribution in [-0.4, -0.2) is 28.4 Å². The highest BCUT2D eigenvalue weighted by molar-refractivity contribution is 6.04. The highest BCUT2D eigenvalue weighted by Crippen LogP contribution is 2.27. The van der Waals surface area contributed by atoms with E-state index in [1.807, 2.05) is 0 Å². The number of nitrogens with zero attached hydrogens (tertiary/aromatic N) is 1. The zero-order valence-corrected chi connectivity index (χ0v) is 11.9. The van der Waals surface area contributed by atoms with Crippen molar-refractivity contribution in [2.24, 2.45) is 11.8 Å². The molecule has 0 saturated carbocycles. The molecule has 1 aromatic rings. The lowest BCUT2D eigenvalue weighted by Gasteiger charge is -2.15. The van der Waals surface area contributed by atoms with Crippen LogP contribution < -0.4 is 0 Å². The van der Waals surface area contributed by atoms with Crippen molar-refractivity contribution < 1.29 is 19.1 Å². The molecule has 110 valence electrons. The van der Waals surface area contributed by atoms with Crippen LogP contribution >= 0.6 is 0 Å². The Labute approximate surface area is 122 Å². The zero-order valence-electron chi connectivity index (χ0n) is 11.9. The van der Waals surface area contributed by atoms with Crippen LogP contribution in [0, 0.1) is 29.5 Å². The predicted molar refractivity (Wildman–Crippen MR) is 74.2 cm³/mol. The lowest BCUT2D eigenvalue weighted by Crippen LogP contribution is -2.30. The molecular weight excluding hydrogens is 273 g/mol. The van der Waals surface area contributed by atoms with Crippen molar-refractivity contribution in [3.05, 3.63) is 35.1 Å². The lowest BCUT2D eigenvalue weighted by atomic mass is 10.00. The van der Waals surface area contributed by atoms with Gasteiger partial charge in [-0.05, 0) is 12.1 Å². The number of halogens is 1. The summed E-state index contributed by atoms with van der Waals surface area (Å²) in [4.78, 5) is 25.1. The third-order valence-corrected chi connectivity index (χ3v) is 3.75. The summed E-state index contributed by atoms with van der Waals surface area (Å²) < 4.78 is 14.0. The fourth-order valence-corrected chi connectivity index (χ4v) is 2.25. The van der Waals surface area contributed by atoms with Crippen molar-refractivity contribution in [2.75, 3.05) is 6.61 Å². The molecule has 2 unspecified atom stereocenters. The van der Waals surface area contributed by atoms with E-state index in [0.29, 0.717) is 5.56 Å². The van der Waals surface area contributed by atoms with Crippen molar-refractivity contribution in [3.8, 4) is 11.8 Å². The van der Waals surface area contributed by atoms with Crippen molar-refractivity contribution in [2.45, 2.75) is 20.4 Å². The first-order valence-electron chi connectivity index (χ1n) is 6.69. The Balaban J connectivity index is 2.21. The normalized spacial score (nSPS) is 21.4. The number of aliphatic hydroxyl groups is 1. The molecule has 0 aliphatic carbocycles. The van der Waals surface area contributed by atoms with E-state index in [2.05, 4.69) is 11.8 Å². The molecule has 2 amide bonds. The zero-order chi connectivity index (χ0) is 15.6. The van der Waals surface area contributed by atoms with Crippen molar-refractivity contribution in [1.29, 1.82) is 0 Å². The molecule has 4 nitrogen and oxygen atoms in total. The fourth-order valence-electron chi connectivity index (χ4n) is 2.25. The van der Waals surface area contributed by atoms with Gasteiger partial charge in [0.1, 0.15) is 12.4 Å². The molecule has 1 N–H and O–H groups in total. The summed E-state index contributed by atoms with van der Waals surface area (Å²) in [6.45, 7) is 3.05. The highest BCUT2D eigenvalue weighted by atomic mass is 19.1. The number of likely N-dealkylation sites (tertiary alicyclic amines) is 1. The van der Waals surface area contributed by atoms with Gasteiger partial charge in [0.2, 0.25) is 11.8 Å². The molecule has 1 aliphatic rings. The first kappa shape index (κ1) is 15.2. The molecule has 1 aromatic carbocycles. The maximum absolute atomic E-state index is 14.0. The Hall–Kier alpha value is -2.19. The minimum absolute atomic E-state index is 0.0636. The van der Waals surface area contributed by atoms with Crippen LogP contribution in [0.2, 0.25) is 0 Å². The molecule has 2 rings (SSSR count). The third-order valence-electron chi connectivity index (χ3n) is 3.75. The first-order chi connectivity index (χ1) is 9.95. The van der Waals surface area contributed by atoms with E-state index in [1.165, 1.54) is 12.1 Å². The predicted octanol–water partition coefficient (Wildman–Crippen LogP) is 1.31. The van der Waals surface area contributed by atoms with Gasteiger partial charge in [-0.3, -0.25) is 14.5 Å². The van der Waals surface area contributed by atoms with E-state index in [-0.39, 0.29) is 42.4 Å². The topological polar surface area (TPSA) is 57.6 Å². The molecule has 5 heteroatoms. The lowest BCUT2D eigenvalue weighted by molar-refractivity contribution is -0.140. The van der Waals surface area contributed by atoms with Gasteiger partial charge in [0.15, 0.2) is 0 Å². The second-order valence-electron chi connectivity index (χ2n) is 5.11. The number of amides is 2. The molecule has 1 fully saturated rings. The van der Waals surface area contributed by atoms with E-state index >= 15 is 0 Å². The minimum atomic E-state index is -0.521. The summed E-state index contributed by atoms with van der Waals surface area (Å²) in [5.74, 6) is 3.24. The number of hydrogen-bond acceptors (Lipinski definition) is 3. The maximum atomic E-state index is 14.0. The summed E-state index contributed by atoms with van der Waals surface area (Å²) in [7, 11) is 0. The van der Waals surface area contributed by atoms with Gasteiger partial charge < -0.3 is 5.11 Å². The molecule has 2 atom stereocenters. The molecule has 0 bridgehead atoms. The van der Waals surface area contributed by atoms with Crippen LogP contribution in [-0.2, 0) is 16.1 Å². The van der Waals surface area contributed by atoms with Crippen molar-refractivity contribution in [3.63, 3.8) is 0 Å². The van der Waals surface area contributed by atoms with Crippen LogP contribution in [0.4, 0.5) is 4.39 Å². The molecular formula is C16H16FNO3. The quantitative estimate of drug-likeness (QED) is 0.660.